The SMILES string of the molecule is CCc1ccc2ncc3c(c2c1)NCCO3. The first-order valence-electron chi connectivity index (χ1n) is 5.67. The second-order valence-corrected chi connectivity index (χ2v) is 3.98. The fourth-order valence-corrected chi connectivity index (χ4v) is 2.07. The fraction of sp³-hybridized carbons (Fsp3) is 0.308. The van der Waals surface area contributed by atoms with Crippen LogP contribution in [0.3, 0.4) is 0 Å². The van der Waals surface area contributed by atoms with Gasteiger partial charge in [-0.05, 0) is 24.1 Å². The number of hydrogen-bond donors (Lipinski definition) is 1. The summed E-state index contributed by atoms with van der Waals surface area (Å²) >= 11 is 0. The molecule has 3 rings (SSSR count). The molecular weight excluding hydrogens is 200 g/mol. The third kappa shape index (κ3) is 1.40. The third-order valence-corrected chi connectivity index (χ3v) is 2.97. The van der Waals surface area contributed by atoms with E-state index in [-0.39, 0.29) is 0 Å². The lowest BCUT2D eigenvalue weighted by Gasteiger charge is -2.20. The number of benzene rings is 1. The maximum Gasteiger partial charge on any atom is 0.161 e. The number of hydrogen-bond acceptors (Lipinski definition) is 3. The summed E-state index contributed by atoms with van der Waals surface area (Å²) in [4.78, 5) is 4.40. The molecule has 2 heterocycles. The quantitative estimate of drug-likeness (QED) is 0.792. The summed E-state index contributed by atoms with van der Waals surface area (Å²) in [6.07, 6.45) is 2.84. The second-order valence-electron chi connectivity index (χ2n) is 3.98. The van der Waals surface area contributed by atoms with E-state index in [2.05, 4.69) is 35.4 Å². The molecule has 1 aliphatic rings. The number of rotatable bonds is 1. The van der Waals surface area contributed by atoms with Crippen LogP contribution in [0, 0.1) is 0 Å². The van der Waals surface area contributed by atoms with Crippen molar-refractivity contribution in [3.8, 4) is 5.75 Å². The number of nitrogens with zero attached hydrogens (tertiary/aromatic N) is 1. The standard InChI is InChI=1S/C13H14N2O/c1-2-9-3-4-11-10(7-9)13-12(8-15-11)16-6-5-14-13/h3-4,7-8,14H,2,5-6H2,1H3. The highest BCUT2D eigenvalue weighted by atomic mass is 16.5. The molecule has 0 aliphatic carbocycles. The first-order chi connectivity index (χ1) is 7.88. The molecule has 0 spiro atoms. The average molecular weight is 214 g/mol. The van der Waals surface area contributed by atoms with E-state index in [1.807, 2.05) is 0 Å². The summed E-state index contributed by atoms with van der Waals surface area (Å²) in [5, 5.41) is 4.56. The van der Waals surface area contributed by atoms with E-state index in [0.717, 1.165) is 35.3 Å². The summed E-state index contributed by atoms with van der Waals surface area (Å²) in [6.45, 7) is 3.74. The highest BCUT2D eigenvalue weighted by molar-refractivity contribution is 5.94. The second kappa shape index (κ2) is 3.67. The molecule has 1 aromatic heterocycles. The number of pyridine rings is 1. The molecule has 0 bridgehead atoms. The zero-order valence-electron chi connectivity index (χ0n) is 9.29. The topological polar surface area (TPSA) is 34.2 Å². The lowest BCUT2D eigenvalue weighted by Crippen LogP contribution is -2.18. The van der Waals surface area contributed by atoms with E-state index in [9.17, 15) is 0 Å². The molecule has 16 heavy (non-hydrogen) atoms. The van der Waals surface area contributed by atoms with Crippen LogP contribution >= 0.6 is 0 Å². The van der Waals surface area contributed by atoms with Crippen molar-refractivity contribution in [2.45, 2.75) is 13.3 Å². The van der Waals surface area contributed by atoms with Gasteiger partial charge in [-0.25, -0.2) is 0 Å². The van der Waals surface area contributed by atoms with E-state index in [4.69, 9.17) is 4.74 Å². The Hall–Kier alpha value is -1.77. The number of aryl methyl sites for hydroxylation is 1. The molecule has 0 saturated heterocycles. The Balaban J connectivity index is 2.27. The number of fused-ring (bicyclic) bond motifs is 3. The highest BCUT2D eigenvalue weighted by Crippen LogP contribution is 2.33. The summed E-state index contributed by atoms with van der Waals surface area (Å²) in [5.74, 6) is 0.868. The van der Waals surface area contributed by atoms with Crippen molar-refractivity contribution in [3.63, 3.8) is 0 Å². The molecule has 3 heteroatoms. The molecule has 0 atom stereocenters. The minimum atomic E-state index is 0.716. The van der Waals surface area contributed by atoms with Gasteiger partial charge >= 0.3 is 0 Å². The molecule has 2 aromatic rings. The van der Waals surface area contributed by atoms with E-state index in [1.165, 1.54) is 5.56 Å². The van der Waals surface area contributed by atoms with Gasteiger partial charge < -0.3 is 10.1 Å². The van der Waals surface area contributed by atoms with Crippen molar-refractivity contribution in [1.82, 2.24) is 4.98 Å². The van der Waals surface area contributed by atoms with Crippen LogP contribution in [0.25, 0.3) is 10.9 Å². The number of aromatic nitrogens is 1. The van der Waals surface area contributed by atoms with Crippen LogP contribution in [0.1, 0.15) is 12.5 Å². The van der Waals surface area contributed by atoms with Crippen LogP contribution in [-0.2, 0) is 6.42 Å². The molecule has 0 fully saturated rings. The zero-order chi connectivity index (χ0) is 11.0. The average Bonchev–Trinajstić information content (AvgIpc) is 2.38. The molecule has 0 amide bonds. The minimum absolute atomic E-state index is 0.716. The molecule has 1 aromatic carbocycles. The van der Waals surface area contributed by atoms with Gasteiger partial charge in [0.2, 0.25) is 0 Å². The highest BCUT2D eigenvalue weighted by Gasteiger charge is 2.13. The fourth-order valence-electron chi connectivity index (χ4n) is 2.07. The summed E-state index contributed by atoms with van der Waals surface area (Å²) in [7, 11) is 0. The number of ether oxygens (including phenoxy) is 1. The molecule has 0 saturated carbocycles. The number of anilines is 1. The Morgan fingerprint density at radius 1 is 1.44 bits per heavy atom. The van der Waals surface area contributed by atoms with Crippen LogP contribution in [0.4, 0.5) is 5.69 Å². The van der Waals surface area contributed by atoms with Crippen molar-refractivity contribution in [2.24, 2.45) is 0 Å². The lowest BCUT2D eigenvalue weighted by atomic mass is 10.1. The first kappa shape index (κ1) is 9.46. The molecule has 3 nitrogen and oxygen atoms in total. The predicted molar refractivity (Wildman–Crippen MR) is 65.1 cm³/mol. The van der Waals surface area contributed by atoms with Gasteiger partial charge in [-0.1, -0.05) is 13.0 Å². The Morgan fingerprint density at radius 2 is 2.38 bits per heavy atom. The molecule has 0 radical (unpaired) electrons. The molecule has 0 unspecified atom stereocenters. The smallest absolute Gasteiger partial charge is 0.161 e. The Morgan fingerprint density at radius 3 is 3.25 bits per heavy atom. The normalized spacial score (nSPS) is 14.1. The van der Waals surface area contributed by atoms with Crippen LogP contribution in [0.2, 0.25) is 0 Å². The Labute approximate surface area is 94.5 Å². The van der Waals surface area contributed by atoms with Crippen molar-refractivity contribution in [1.29, 1.82) is 0 Å². The zero-order valence-corrected chi connectivity index (χ0v) is 9.29. The summed E-state index contributed by atoms with van der Waals surface area (Å²) in [5.41, 5.74) is 3.44. The van der Waals surface area contributed by atoms with Crippen molar-refractivity contribution >= 4 is 16.6 Å². The van der Waals surface area contributed by atoms with Crippen LogP contribution in [0.5, 0.6) is 5.75 Å². The van der Waals surface area contributed by atoms with Gasteiger partial charge in [-0.15, -0.1) is 0 Å². The number of nitrogens with one attached hydrogen (secondary N) is 1. The van der Waals surface area contributed by atoms with Crippen LogP contribution in [-0.4, -0.2) is 18.1 Å². The van der Waals surface area contributed by atoms with E-state index < -0.39 is 0 Å². The van der Waals surface area contributed by atoms with Gasteiger partial charge in [-0.3, -0.25) is 4.98 Å². The molecule has 1 N–H and O–H groups in total. The molecule has 1 aliphatic heterocycles. The van der Waals surface area contributed by atoms with Gasteiger partial charge in [0.15, 0.2) is 5.75 Å². The van der Waals surface area contributed by atoms with Crippen LogP contribution in [0.15, 0.2) is 24.4 Å². The monoisotopic (exact) mass is 214 g/mol. The third-order valence-electron chi connectivity index (χ3n) is 2.97. The van der Waals surface area contributed by atoms with Gasteiger partial charge in [0.25, 0.3) is 0 Å². The minimum Gasteiger partial charge on any atom is -0.488 e. The molecular formula is C13H14N2O. The molecule has 82 valence electrons. The van der Waals surface area contributed by atoms with Crippen molar-refractivity contribution < 1.29 is 4.74 Å². The van der Waals surface area contributed by atoms with Gasteiger partial charge in [-0.2, -0.15) is 0 Å². The van der Waals surface area contributed by atoms with Crippen LogP contribution < -0.4 is 10.1 Å². The Kier molecular flexibility index (Phi) is 2.17. The van der Waals surface area contributed by atoms with E-state index in [0.29, 0.717) is 6.61 Å². The maximum atomic E-state index is 5.58. The largest absolute Gasteiger partial charge is 0.488 e. The van der Waals surface area contributed by atoms with Crippen molar-refractivity contribution in [3.05, 3.63) is 30.0 Å². The first-order valence-corrected chi connectivity index (χ1v) is 5.67. The van der Waals surface area contributed by atoms with Gasteiger partial charge in [0, 0.05) is 11.9 Å². The summed E-state index contributed by atoms with van der Waals surface area (Å²) < 4.78 is 5.58. The van der Waals surface area contributed by atoms with E-state index in [1.54, 1.807) is 6.20 Å². The van der Waals surface area contributed by atoms with Crippen molar-refractivity contribution in [2.75, 3.05) is 18.5 Å². The predicted octanol–water partition coefficient (Wildman–Crippen LogP) is 2.60. The Bertz CT molecular complexity index is 531. The van der Waals surface area contributed by atoms with E-state index >= 15 is 0 Å². The lowest BCUT2D eigenvalue weighted by molar-refractivity contribution is 0.323. The van der Waals surface area contributed by atoms with Gasteiger partial charge in [0.05, 0.1) is 17.4 Å². The summed E-state index contributed by atoms with van der Waals surface area (Å²) in [6, 6.07) is 6.40. The van der Waals surface area contributed by atoms with Gasteiger partial charge in [0.1, 0.15) is 6.61 Å². The maximum absolute atomic E-state index is 5.58.